The first-order valence-corrected chi connectivity index (χ1v) is 9.86. The van der Waals surface area contributed by atoms with Gasteiger partial charge in [-0.15, -0.1) is 0 Å². The number of hydrogen-bond donors (Lipinski definition) is 2. The molecule has 1 amide bonds. The van der Waals surface area contributed by atoms with Gasteiger partial charge in [0.15, 0.2) is 6.54 Å². The molecular weight excluding hydrogens is 370 g/mol. The molecule has 2 aromatic carbocycles. The molecule has 0 aliphatic carbocycles. The molecule has 1 aromatic heterocycles. The molecule has 0 fully saturated rings. The Morgan fingerprint density at radius 2 is 1.79 bits per heavy atom. The number of nitrogens with zero attached hydrogens (tertiary/aromatic N) is 1. The minimum Gasteiger partial charge on any atom is -0.326 e. The number of fused-ring (bicyclic) bond motifs is 1. The maximum absolute atomic E-state index is 12.5. The van der Waals surface area contributed by atoms with Gasteiger partial charge in [-0.25, -0.2) is 4.98 Å². The van der Waals surface area contributed by atoms with Crippen molar-refractivity contribution in [3.8, 4) is 0 Å². The molecule has 0 saturated carbocycles. The van der Waals surface area contributed by atoms with Crippen LogP contribution in [0.4, 0.5) is 5.69 Å². The second-order valence-corrected chi connectivity index (χ2v) is 7.98. The number of rotatable bonds is 5. The Kier molecular flexibility index (Phi) is 6.01. The Labute approximate surface area is 171 Å². The van der Waals surface area contributed by atoms with Crippen molar-refractivity contribution >= 4 is 34.1 Å². The van der Waals surface area contributed by atoms with E-state index in [9.17, 15) is 4.79 Å². The van der Waals surface area contributed by atoms with Crippen molar-refractivity contribution in [1.29, 1.82) is 0 Å². The third kappa shape index (κ3) is 4.34. The molecule has 0 saturated heterocycles. The highest BCUT2D eigenvalue weighted by Gasteiger charge is 2.16. The molecule has 0 aliphatic rings. The molecule has 4 nitrogen and oxygen atoms in total. The van der Waals surface area contributed by atoms with Gasteiger partial charge in [-0.3, -0.25) is 4.79 Å². The number of carbonyl (C=O) groups excluding carboxylic acids is 1. The van der Waals surface area contributed by atoms with Gasteiger partial charge >= 0.3 is 0 Å². The minimum atomic E-state index is -0.0115. The van der Waals surface area contributed by atoms with Gasteiger partial charge in [-0.1, -0.05) is 35.9 Å². The molecule has 3 aromatic rings. The number of aromatic nitrogens is 1. The summed E-state index contributed by atoms with van der Waals surface area (Å²) in [6.45, 7) is 9.19. The highest BCUT2D eigenvalue weighted by atomic mass is 35.5. The Morgan fingerprint density at radius 1 is 1.07 bits per heavy atom. The average Bonchev–Trinajstić information content (AvgIpc) is 2.63. The molecule has 0 bridgehead atoms. The molecule has 3 rings (SSSR count). The first-order chi connectivity index (χ1) is 13.3. The van der Waals surface area contributed by atoms with Crippen molar-refractivity contribution < 1.29 is 9.69 Å². The second-order valence-electron chi connectivity index (χ2n) is 7.62. The zero-order valence-electron chi connectivity index (χ0n) is 17.1. The summed E-state index contributed by atoms with van der Waals surface area (Å²) in [6, 6.07) is 12.2. The van der Waals surface area contributed by atoms with Gasteiger partial charge in [0.05, 0.1) is 12.6 Å². The number of nitrogens with one attached hydrogen (secondary N) is 2. The first-order valence-electron chi connectivity index (χ1n) is 9.49. The van der Waals surface area contributed by atoms with Crippen molar-refractivity contribution in [3.05, 3.63) is 69.4 Å². The molecule has 5 heteroatoms. The van der Waals surface area contributed by atoms with Gasteiger partial charge < -0.3 is 10.2 Å². The summed E-state index contributed by atoms with van der Waals surface area (Å²) in [5.74, 6) is -0.0115. The lowest BCUT2D eigenvalue weighted by Gasteiger charge is -2.16. The summed E-state index contributed by atoms with van der Waals surface area (Å²) >= 11 is 6.45. The van der Waals surface area contributed by atoms with Gasteiger partial charge in [0.1, 0.15) is 11.7 Å². The largest absolute Gasteiger partial charge is 0.326 e. The van der Waals surface area contributed by atoms with Gasteiger partial charge in [-0.05, 0) is 62.1 Å². The van der Waals surface area contributed by atoms with Crippen molar-refractivity contribution in [1.82, 2.24) is 4.98 Å². The molecule has 1 unspecified atom stereocenters. The van der Waals surface area contributed by atoms with E-state index in [0.29, 0.717) is 18.2 Å². The number of carbonyl (C=O) groups is 1. The lowest BCUT2D eigenvalue weighted by molar-refractivity contribution is -0.885. The molecule has 2 N–H and O–H groups in total. The molecule has 0 radical (unpaired) electrons. The van der Waals surface area contributed by atoms with Crippen LogP contribution in [0.3, 0.4) is 0 Å². The lowest BCUT2D eigenvalue weighted by atomic mass is 10.0. The summed E-state index contributed by atoms with van der Waals surface area (Å²) in [6.07, 6.45) is 0. The fourth-order valence-corrected chi connectivity index (χ4v) is 3.58. The highest BCUT2D eigenvalue weighted by molar-refractivity contribution is 6.30. The normalized spacial score (nSPS) is 12.2. The lowest BCUT2D eigenvalue weighted by Crippen LogP contribution is -3.08. The van der Waals surface area contributed by atoms with Gasteiger partial charge in [0, 0.05) is 16.6 Å². The minimum absolute atomic E-state index is 0.0115. The fourth-order valence-electron chi connectivity index (χ4n) is 3.37. The van der Waals surface area contributed by atoms with Gasteiger partial charge in [0.25, 0.3) is 5.91 Å². The molecule has 146 valence electrons. The maximum Gasteiger partial charge on any atom is 0.279 e. The van der Waals surface area contributed by atoms with Crippen LogP contribution >= 0.6 is 11.6 Å². The monoisotopic (exact) mass is 396 g/mol. The van der Waals surface area contributed by atoms with E-state index in [1.807, 2.05) is 39.1 Å². The molecule has 1 heterocycles. The number of anilines is 1. The van der Waals surface area contributed by atoms with Gasteiger partial charge in [0.2, 0.25) is 0 Å². The topological polar surface area (TPSA) is 46.4 Å². The van der Waals surface area contributed by atoms with E-state index >= 15 is 0 Å². The second kappa shape index (κ2) is 8.29. The SMILES string of the molecule is Cc1cccc(NC(=O)C[NH+](C)Cc2cc3ccc(C)c(C)c3nc2Cl)c1C. The van der Waals surface area contributed by atoms with Crippen molar-refractivity contribution in [2.45, 2.75) is 34.2 Å². The summed E-state index contributed by atoms with van der Waals surface area (Å²) in [5, 5.41) is 4.61. The van der Waals surface area contributed by atoms with Gasteiger partial charge in [-0.2, -0.15) is 0 Å². The summed E-state index contributed by atoms with van der Waals surface area (Å²) < 4.78 is 0. The van der Waals surface area contributed by atoms with E-state index in [1.54, 1.807) is 0 Å². The number of amides is 1. The van der Waals surface area contributed by atoms with Crippen molar-refractivity contribution in [2.24, 2.45) is 0 Å². The van der Waals surface area contributed by atoms with Crippen LogP contribution in [0.25, 0.3) is 10.9 Å². The van der Waals surface area contributed by atoms with E-state index in [2.05, 4.69) is 42.3 Å². The van der Waals surface area contributed by atoms with Crippen LogP contribution in [0.15, 0.2) is 36.4 Å². The van der Waals surface area contributed by atoms with E-state index in [1.165, 1.54) is 5.56 Å². The molecular formula is C23H27ClN3O+. The standard InChI is InChI=1S/C23H26ClN3O/c1-14-7-6-8-20(16(14)3)25-21(28)13-27(5)12-19-11-18-10-9-15(2)17(4)22(18)26-23(19)24/h6-11H,12-13H2,1-5H3,(H,25,28)/p+1. The van der Waals surface area contributed by atoms with E-state index in [-0.39, 0.29) is 5.91 Å². The van der Waals surface area contributed by atoms with E-state index in [0.717, 1.165) is 43.7 Å². The number of benzene rings is 2. The molecule has 0 aliphatic heterocycles. The number of quaternary nitrogens is 1. The third-order valence-electron chi connectivity index (χ3n) is 5.37. The molecule has 28 heavy (non-hydrogen) atoms. The Hall–Kier alpha value is -2.43. The average molecular weight is 397 g/mol. The third-order valence-corrected chi connectivity index (χ3v) is 5.70. The van der Waals surface area contributed by atoms with Crippen LogP contribution in [-0.2, 0) is 11.3 Å². The van der Waals surface area contributed by atoms with Crippen LogP contribution in [0.2, 0.25) is 5.15 Å². The number of likely N-dealkylation sites (N-methyl/N-ethyl adjacent to an activating group) is 1. The molecule has 1 atom stereocenters. The number of halogens is 1. The van der Waals surface area contributed by atoms with Crippen LogP contribution < -0.4 is 10.2 Å². The molecule has 0 spiro atoms. The first kappa shape index (κ1) is 20.3. The fraction of sp³-hybridized carbons (Fsp3) is 0.304. The Morgan fingerprint density at radius 3 is 2.54 bits per heavy atom. The number of hydrogen-bond acceptors (Lipinski definition) is 2. The maximum atomic E-state index is 12.5. The summed E-state index contributed by atoms with van der Waals surface area (Å²) in [5.41, 5.74) is 7.38. The predicted molar refractivity (Wildman–Crippen MR) is 116 cm³/mol. The Bertz CT molecular complexity index is 1050. The number of aryl methyl sites for hydroxylation is 3. The van der Waals surface area contributed by atoms with Crippen molar-refractivity contribution in [3.63, 3.8) is 0 Å². The predicted octanol–water partition coefficient (Wildman–Crippen LogP) is 3.78. The van der Waals surface area contributed by atoms with Crippen LogP contribution in [-0.4, -0.2) is 24.5 Å². The van der Waals surface area contributed by atoms with E-state index < -0.39 is 0 Å². The van der Waals surface area contributed by atoms with Crippen molar-refractivity contribution in [2.75, 3.05) is 18.9 Å². The summed E-state index contributed by atoms with van der Waals surface area (Å²) in [7, 11) is 1.99. The quantitative estimate of drug-likeness (QED) is 0.645. The zero-order valence-corrected chi connectivity index (χ0v) is 17.9. The van der Waals surface area contributed by atoms with Crippen LogP contribution in [0, 0.1) is 27.7 Å². The smallest absolute Gasteiger partial charge is 0.279 e. The number of pyridine rings is 1. The van der Waals surface area contributed by atoms with Crippen LogP contribution in [0.1, 0.15) is 27.8 Å². The highest BCUT2D eigenvalue weighted by Crippen LogP contribution is 2.24. The van der Waals surface area contributed by atoms with Crippen LogP contribution in [0.5, 0.6) is 0 Å². The zero-order chi connectivity index (χ0) is 20.4. The van der Waals surface area contributed by atoms with E-state index in [4.69, 9.17) is 11.6 Å². The summed E-state index contributed by atoms with van der Waals surface area (Å²) in [4.78, 5) is 18.1. The Balaban J connectivity index is 1.71.